The molecule has 0 aliphatic carbocycles. The number of ether oxygens (including phenoxy) is 2. The third-order valence-electron chi connectivity index (χ3n) is 6.48. The molecule has 4 aromatic rings. The average molecular weight is 542 g/mol. The normalized spacial score (nSPS) is 17.4. The van der Waals surface area contributed by atoms with Gasteiger partial charge in [0.1, 0.15) is 17.7 Å². The highest BCUT2D eigenvalue weighted by Gasteiger charge is 2.22. The lowest BCUT2D eigenvalue weighted by molar-refractivity contribution is 0.107. The summed E-state index contributed by atoms with van der Waals surface area (Å²) in [7, 11) is 1.74. The van der Waals surface area contributed by atoms with Crippen LogP contribution in [0.1, 0.15) is 42.0 Å². The fourth-order valence-electron chi connectivity index (χ4n) is 4.50. The summed E-state index contributed by atoms with van der Waals surface area (Å²) in [5, 5.41) is 8.76. The molecule has 37 heavy (non-hydrogen) atoms. The molecule has 1 unspecified atom stereocenters. The Bertz CT molecular complexity index is 1410. The molecule has 1 aliphatic rings. The van der Waals surface area contributed by atoms with E-state index >= 15 is 4.39 Å². The van der Waals surface area contributed by atoms with Crippen LogP contribution in [-0.2, 0) is 11.3 Å². The Balaban J connectivity index is 1.32. The lowest BCUT2D eigenvalue weighted by atomic mass is 10.1. The zero-order valence-corrected chi connectivity index (χ0v) is 21.9. The first-order chi connectivity index (χ1) is 17.9. The number of methoxy groups -OCH3 is 1. The maximum atomic E-state index is 15.2. The summed E-state index contributed by atoms with van der Waals surface area (Å²) >= 11 is 12.5. The highest BCUT2D eigenvalue weighted by atomic mass is 35.5. The van der Waals surface area contributed by atoms with E-state index in [1.807, 2.05) is 25.1 Å². The SMILES string of the molecule is COC1CCN(Cc2ccc(/C(F)=C/c3[nH]nc4ccc(O[C@H](C)c5c(Cl)cncc5Cl)cc34)cn2)C1. The molecule has 0 saturated carbocycles. The Morgan fingerprint density at radius 3 is 2.73 bits per heavy atom. The Morgan fingerprint density at radius 1 is 1.22 bits per heavy atom. The summed E-state index contributed by atoms with van der Waals surface area (Å²) in [5.74, 6) is 0.157. The van der Waals surface area contributed by atoms with Crippen molar-refractivity contribution < 1.29 is 13.9 Å². The number of hydrogen-bond donors (Lipinski definition) is 1. The van der Waals surface area contributed by atoms with Crippen LogP contribution in [0.4, 0.5) is 4.39 Å². The van der Waals surface area contributed by atoms with E-state index in [0.717, 1.165) is 30.6 Å². The standard InChI is InChI=1S/C27H26Cl2FN5O2/c1-16(27-22(28)12-31-13-23(27)29)37-19-5-6-25-21(9-19)26(34-33-25)10-24(30)17-3-4-18(32-11-17)14-35-8-7-20(15-35)36-2/h3-6,9-13,16,20H,7-8,14-15H2,1-2H3,(H,33,34)/b24-10-/t16-,20?/m1/s1. The van der Waals surface area contributed by atoms with Crippen molar-refractivity contribution in [1.29, 1.82) is 0 Å². The molecule has 1 fully saturated rings. The maximum Gasteiger partial charge on any atom is 0.134 e. The molecule has 7 nitrogen and oxygen atoms in total. The minimum Gasteiger partial charge on any atom is -0.486 e. The van der Waals surface area contributed by atoms with Gasteiger partial charge >= 0.3 is 0 Å². The number of hydrogen-bond acceptors (Lipinski definition) is 6. The predicted octanol–water partition coefficient (Wildman–Crippen LogP) is 6.49. The van der Waals surface area contributed by atoms with Gasteiger partial charge in [-0.3, -0.25) is 20.0 Å². The van der Waals surface area contributed by atoms with Gasteiger partial charge in [0.15, 0.2) is 0 Å². The number of likely N-dealkylation sites (tertiary alicyclic amines) is 1. The minimum absolute atomic E-state index is 0.268. The number of fused-ring (bicyclic) bond motifs is 1. The first kappa shape index (κ1) is 25.6. The number of H-pyrrole nitrogens is 1. The van der Waals surface area contributed by atoms with E-state index < -0.39 is 11.9 Å². The Morgan fingerprint density at radius 2 is 2.03 bits per heavy atom. The van der Waals surface area contributed by atoms with Crippen molar-refractivity contribution in [3.63, 3.8) is 0 Å². The van der Waals surface area contributed by atoms with Gasteiger partial charge in [-0.05, 0) is 43.7 Å². The largest absolute Gasteiger partial charge is 0.486 e. The Labute approximate surface area is 224 Å². The number of aromatic amines is 1. The summed E-state index contributed by atoms with van der Waals surface area (Å²) in [6.07, 6.45) is 6.89. The molecule has 0 amide bonds. The van der Waals surface area contributed by atoms with Gasteiger partial charge < -0.3 is 9.47 Å². The summed E-state index contributed by atoms with van der Waals surface area (Å²) < 4.78 is 26.7. The Hall–Kier alpha value is -3.04. The average Bonchev–Trinajstić information content (AvgIpc) is 3.51. The molecule has 10 heteroatoms. The van der Waals surface area contributed by atoms with E-state index in [1.165, 1.54) is 18.5 Å². The van der Waals surface area contributed by atoms with Crippen LogP contribution in [-0.4, -0.2) is 51.4 Å². The highest BCUT2D eigenvalue weighted by molar-refractivity contribution is 6.35. The third kappa shape index (κ3) is 5.78. The molecule has 0 radical (unpaired) electrons. The Kier molecular flexibility index (Phi) is 7.71. The first-order valence-electron chi connectivity index (χ1n) is 11.9. The topological polar surface area (TPSA) is 76.2 Å². The van der Waals surface area contributed by atoms with Crippen molar-refractivity contribution in [2.45, 2.75) is 32.1 Å². The summed E-state index contributed by atoms with van der Waals surface area (Å²) in [5.41, 5.74) is 3.15. The number of benzene rings is 1. The van der Waals surface area contributed by atoms with Gasteiger partial charge in [0.05, 0.1) is 33.1 Å². The molecule has 192 valence electrons. The molecule has 1 aromatic carbocycles. The lowest BCUT2D eigenvalue weighted by Gasteiger charge is -2.17. The van der Waals surface area contributed by atoms with Gasteiger partial charge in [0.2, 0.25) is 0 Å². The minimum atomic E-state index is -0.423. The maximum absolute atomic E-state index is 15.2. The lowest BCUT2D eigenvalue weighted by Crippen LogP contribution is -2.22. The number of aromatic nitrogens is 4. The molecular formula is C27H26Cl2FN5O2. The van der Waals surface area contributed by atoms with Gasteiger partial charge in [-0.15, -0.1) is 0 Å². The first-order valence-corrected chi connectivity index (χ1v) is 12.7. The molecule has 5 rings (SSSR count). The summed E-state index contributed by atoms with van der Waals surface area (Å²) in [6, 6.07) is 9.01. The van der Waals surface area contributed by atoms with E-state index in [4.69, 9.17) is 32.7 Å². The second kappa shape index (κ2) is 11.1. The van der Waals surface area contributed by atoms with Crippen molar-refractivity contribution in [1.82, 2.24) is 25.1 Å². The molecule has 3 aromatic heterocycles. The van der Waals surface area contributed by atoms with E-state index in [2.05, 4.69) is 25.1 Å². The van der Waals surface area contributed by atoms with Gasteiger partial charge in [0, 0.05) is 67.9 Å². The summed E-state index contributed by atoms with van der Waals surface area (Å²) in [4.78, 5) is 10.7. The van der Waals surface area contributed by atoms with Gasteiger partial charge in [-0.2, -0.15) is 5.10 Å². The summed E-state index contributed by atoms with van der Waals surface area (Å²) in [6.45, 7) is 4.42. The van der Waals surface area contributed by atoms with E-state index in [0.29, 0.717) is 44.7 Å². The van der Waals surface area contributed by atoms with Crippen LogP contribution in [0.15, 0.2) is 48.9 Å². The van der Waals surface area contributed by atoms with Crippen LogP contribution in [0, 0.1) is 0 Å². The molecule has 0 bridgehead atoms. The van der Waals surface area contributed by atoms with E-state index in [1.54, 1.807) is 25.4 Å². The zero-order valence-electron chi connectivity index (χ0n) is 20.4. The van der Waals surface area contributed by atoms with Crippen LogP contribution in [0.3, 0.4) is 0 Å². The molecule has 1 N–H and O–H groups in total. The number of nitrogens with zero attached hydrogens (tertiary/aromatic N) is 4. The molecule has 4 heterocycles. The fourth-order valence-corrected chi connectivity index (χ4v) is 5.17. The van der Waals surface area contributed by atoms with Gasteiger partial charge in [-0.1, -0.05) is 23.2 Å². The second-order valence-corrected chi connectivity index (χ2v) is 9.82. The van der Waals surface area contributed by atoms with Crippen LogP contribution in [0.5, 0.6) is 5.75 Å². The van der Waals surface area contributed by atoms with Crippen molar-refractivity contribution in [3.8, 4) is 5.75 Å². The number of nitrogens with one attached hydrogen (secondary N) is 1. The zero-order chi connectivity index (χ0) is 25.9. The molecule has 2 atom stereocenters. The number of rotatable bonds is 8. The van der Waals surface area contributed by atoms with E-state index in [9.17, 15) is 0 Å². The second-order valence-electron chi connectivity index (χ2n) is 9.01. The van der Waals surface area contributed by atoms with Crippen LogP contribution in [0.2, 0.25) is 10.0 Å². The fraction of sp³-hybridized carbons (Fsp3) is 0.296. The molecule has 0 spiro atoms. The van der Waals surface area contributed by atoms with Crippen molar-refractivity contribution in [2.24, 2.45) is 0 Å². The van der Waals surface area contributed by atoms with Crippen molar-refractivity contribution in [2.75, 3.05) is 20.2 Å². The third-order valence-corrected chi connectivity index (χ3v) is 7.09. The molecule has 1 saturated heterocycles. The van der Waals surface area contributed by atoms with E-state index in [-0.39, 0.29) is 6.10 Å². The van der Waals surface area contributed by atoms with Crippen molar-refractivity contribution in [3.05, 3.63) is 81.5 Å². The van der Waals surface area contributed by atoms with Crippen LogP contribution in [0.25, 0.3) is 22.8 Å². The van der Waals surface area contributed by atoms with Gasteiger partial charge in [0.25, 0.3) is 0 Å². The number of halogens is 3. The van der Waals surface area contributed by atoms with Crippen molar-refractivity contribution >= 4 is 46.0 Å². The highest BCUT2D eigenvalue weighted by Crippen LogP contribution is 2.34. The monoisotopic (exact) mass is 541 g/mol. The number of pyridine rings is 2. The quantitative estimate of drug-likeness (QED) is 0.275. The van der Waals surface area contributed by atoms with Crippen LogP contribution >= 0.6 is 23.2 Å². The van der Waals surface area contributed by atoms with Gasteiger partial charge in [-0.25, -0.2) is 4.39 Å². The molecule has 1 aliphatic heterocycles. The molecular weight excluding hydrogens is 516 g/mol. The smallest absolute Gasteiger partial charge is 0.134 e. The predicted molar refractivity (Wildman–Crippen MR) is 143 cm³/mol. The van der Waals surface area contributed by atoms with Crippen LogP contribution < -0.4 is 4.74 Å².